The molecular weight excluding hydrogens is 542 g/mol. The fraction of sp³-hybridized carbons (Fsp3) is 0.276. The minimum Gasteiger partial charge on any atom is -0.480 e. The number of para-hydroxylation sites is 1. The van der Waals surface area contributed by atoms with Crippen LogP contribution in [0.25, 0.3) is 10.9 Å². The average Bonchev–Trinajstić information content (AvgIpc) is 3.65. The van der Waals surface area contributed by atoms with Gasteiger partial charge >= 0.3 is 5.97 Å². The molecule has 0 bridgehead atoms. The van der Waals surface area contributed by atoms with Gasteiger partial charge in [0.05, 0.1) is 19.0 Å². The molecule has 0 radical (unpaired) electrons. The number of carboxylic acid groups (broad SMARTS) is 1. The molecule has 9 N–H and O–H groups in total. The molecule has 0 aliphatic heterocycles. The third kappa shape index (κ3) is 7.80. The number of rotatable bonds is 14. The largest absolute Gasteiger partial charge is 0.480 e. The molecule has 4 atom stereocenters. The van der Waals surface area contributed by atoms with E-state index in [1.54, 1.807) is 6.20 Å². The van der Waals surface area contributed by atoms with Gasteiger partial charge in [0.2, 0.25) is 17.7 Å². The van der Waals surface area contributed by atoms with Crippen LogP contribution in [0.15, 0.2) is 73.3 Å². The summed E-state index contributed by atoms with van der Waals surface area (Å²) in [6.07, 6.45) is 4.86. The topological polar surface area (TPSA) is 215 Å². The molecule has 0 spiro atoms. The van der Waals surface area contributed by atoms with Crippen LogP contribution in [0.3, 0.4) is 0 Å². The van der Waals surface area contributed by atoms with E-state index in [9.17, 15) is 29.4 Å². The van der Waals surface area contributed by atoms with Gasteiger partial charge in [0, 0.05) is 41.8 Å². The summed E-state index contributed by atoms with van der Waals surface area (Å²) < 4.78 is 0. The molecule has 3 amide bonds. The lowest BCUT2D eigenvalue weighted by Gasteiger charge is -2.25. The molecule has 13 nitrogen and oxygen atoms in total. The maximum Gasteiger partial charge on any atom is 0.328 e. The summed E-state index contributed by atoms with van der Waals surface area (Å²) in [6.45, 7) is -0.843. The number of aliphatic carboxylic acids is 1. The minimum atomic E-state index is -1.57. The van der Waals surface area contributed by atoms with Crippen molar-refractivity contribution in [3.05, 3.63) is 90.1 Å². The Balaban J connectivity index is 1.57. The molecule has 220 valence electrons. The number of nitrogens with two attached hydrogens (primary N) is 1. The van der Waals surface area contributed by atoms with Crippen molar-refractivity contribution in [3.63, 3.8) is 0 Å². The van der Waals surface area contributed by atoms with Crippen molar-refractivity contribution in [2.45, 2.75) is 43.4 Å². The Bertz CT molecular complexity index is 1510. The summed E-state index contributed by atoms with van der Waals surface area (Å²) >= 11 is 0. The molecule has 0 saturated carbocycles. The highest BCUT2D eigenvalue weighted by Gasteiger charge is 2.31. The van der Waals surface area contributed by atoms with E-state index in [2.05, 4.69) is 30.9 Å². The Kier molecular flexibility index (Phi) is 10.0. The van der Waals surface area contributed by atoms with Crippen LogP contribution in [-0.2, 0) is 38.4 Å². The summed E-state index contributed by atoms with van der Waals surface area (Å²) in [5, 5.41) is 27.1. The first-order valence-corrected chi connectivity index (χ1v) is 13.3. The molecule has 4 unspecified atom stereocenters. The Morgan fingerprint density at radius 3 is 2.12 bits per heavy atom. The van der Waals surface area contributed by atoms with Crippen LogP contribution in [0.5, 0.6) is 0 Å². The number of nitrogens with one attached hydrogen (secondary N) is 5. The van der Waals surface area contributed by atoms with Crippen molar-refractivity contribution in [2.24, 2.45) is 5.73 Å². The van der Waals surface area contributed by atoms with Crippen molar-refractivity contribution >= 4 is 34.6 Å². The van der Waals surface area contributed by atoms with E-state index in [4.69, 9.17) is 5.73 Å². The van der Waals surface area contributed by atoms with Crippen LogP contribution >= 0.6 is 0 Å². The summed E-state index contributed by atoms with van der Waals surface area (Å²) in [6, 6.07) is 11.8. The van der Waals surface area contributed by atoms with Gasteiger partial charge in [-0.05, 0) is 23.6 Å². The van der Waals surface area contributed by atoms with Crippen molar-refractivity contribution < 1.29 is 29.4 Å². The van der Waals surface area contributed by atoms with Crippen LogP contribution in [0.2, 0.25) is 0 Å². The molecule has 2 aromatic heterocycles. The van der Waals surface area contributed by atoms with Gasteiger partial charge in [-0.15, -0.1) is 0 Å². The van der Waals surface area contributed by atoms with E-state index in [-0.39, 0.29) is 19.3 Å². The SMILES string of the molecule is NC(Cc1ccccc1)C(=O)NC(Cc1c[nH]c2ccccc12)C(=O)NC(Cc1cnc[nH]1)C(=O)NC(CO)C(=O)O. The molecule has 4 rings (SSSR count). The highest BCUT2D eigenvalue weighted by Crippen LogP contribution is 2.19. The zero-order valence-corrected chi connectivity index (χ0v) is 22.6. The summed E-state index contributed by atoms with van der Waals surface area (Å²) in [7, 11) is 0. The van der Waals surface area contributed by atoms with Crippen molar-refractivity contribution in [1.29, 1.82) is 0 Å². The van der Waals surface area contributed by atoms with Gasteiger partial charge in [-0.1, -0.05) is 48.5 Å². The third-order valence-electron chi connectivity index (χ3n) is 6.78. The number of fused-ring (bicyclic) bond motifs is 1. The predicted molar refractivity (Wildman–Crippen MR) is 153 cm³/mol. The number of hydrogen-bond donors (Lipinski definition) is 8. The molecule has 4 aromatic rings. The second-order valence-electron chi connectivity index (χ2n) is 9.85. The maximum absolute atomic E-state index is 13.7. The van der Waals surface area contributed by atoms with Gasteiger partial charge in [0.1, 0.15) is 18.1 Å². The fourth-order valence-corrected chi connectivity index (χ4v) is 4.52. The highest BCUT2D eigenvalue weighted by molar-refractivity contribution is 5.95. The second kappa shape index (κ2) is 14.1. The first-order chi connectivity index (χ1) is 20.2. The number of aliphatic hydroxyl groups is 1. The molecule has 0 aliphatic carbocycles. The first kappa shape index (κ1) is 30.0. The number of hydrogen-bond acceptors (Lipinski definition) is 7. The van der Waals surface area contributed by atoms with Gasteiger partial charge in [0.15, 0.2) is 0 Å². The second-order valence-corrected chi connectivity index (χ2v) is 9.85. The van der Waals surface area contributed by atoms with E-state index in [1.165, 1.54) is 12.5 Å². The van der Waals surface area contributed by atoms with Gasteiger partial charge in [-0.25, -0.2) is 9.78 Å². The number of benzene rings is 2. The summed E-state index contributed by atoms with van der Waals surface area (Å²) in [5.74, 6) is -3.51. The van der Waals surface area contributed by atoms with Gasteiger partial charge in [-0.3, -0.25) is 14.4 Å². The van der Waals surface area contributed by atoms with Crippen LogP contribution in [-0.4, -0.2) is 79.6 Å². The van der Waals surface area contributed by atoms with E-state index in [0.29, 0.717) is 5.69 Å². The molecule has 2 heterocycles. The van der Waals surface area contributed by atoms with Gasteiger partial charge in [-0.2, -0.15) is 0 Å². The number of aliphatic hydroxyl groups excluding tert-OH is 1. The average molecular weight is 576 g/mol. The quantitative estimate of drug-likeness (QED) is 0.100. The van der Waals surface area contributed by atoms with Crippen molar-refractivity contribution in [3.8, 4) is 0 Å². The number of carbonyl (C=O) groups is 4. The number of nitrogens with zero attached hydrogens (tertiary/aromatic N) is 1. The number of H-pyrrole nitrogens is 2. The standard InChI is InChI=1S/C29H33N7O6/c30-21(10-17-6-2-1-3-7-17)26(38)34-23(11-18-13-32-22-9-5-4-8-20(18)22)27(39)35-24(12-19-14-31-16-33-19)28(40)36-25(15-37)29(41)42/h1-9,13-14,16,21,23-25,32,37H,10-12,15,30H2,(H,31,33)(H,34,38)(H,35,39)(H,36,40)(H,41,42). The van der Waals surface area contributed by atoms with E-state index >= 15 is 0 Å². The van der Waals surface area contributed by atoms with Crippen LogP contribution in [0.4, 0.5) is 0 Å². The lowest BCUT2D eigenvalue weighted by molar-refractivity contribution is -0.143. The Morgan fingerprint density at radius 2 is 1.45 bits per heavy atom. The number of aromatic nitrogens is 3. The number of carboxylic acids is 1. The van der Waals surface area contributed by atoms with E-state index in [0.717, 1.165) is 22.0 Å². The zero-order chi connectivity index (χ0) is 30.1. The molecule has 13 heteroatoms. The lowest BCUT2D eigenvalue weighted by atomic mass is 10.0. The smallest absolute Gasteiger partial charge is 0.328 e. The highest BCUT2D eigenvalue weighted by atomic mass is 16.4. The van der Waals surface area contributed by atoms with Gasteiger partial charge in [0.25, 0.3) is 0 Å². The normalized spacial score (nSPS) is 14.0. The molecule has 0 aliphatic rings. The predicted octanol–water partition coefficient (Wildman–Crippen LogP) is -0.222. The lowest BCUT2D eigenvalue weighted by Crippen LogP contribution is -2.58. The molecular formula is C29H33N7O6. The van der Waals surface area contributed by atoms with Gasteiger partial charge < -0.3 is 41.9 Å². The monoisotopic (exact) mass is 575 g/mol. The van der Waals surface area contributed by atoms with Crippen LogP contribution in [0, 0.1) is 0 Å². The zero-order valence-electron chi connectivity index (χ0n) is 22.6. The minimum absolute atomic E-state index is 0.0589. The Hall–Kier alpha value is -5.01. The summed E-state index contributed by atoms with van der Waals surface area (Å²) in [4.78, 5) is 61.3. The third-order valence-corrected chi connectivity index (χ3v) is 6.78. The first-order valence-electron chi connectivity index (χ1n) is 13.3. The Morgan fingerprint density at radius 1 is 0.810 bits per heavy atom. The molecule has 42 heavy (non-hydrogen) atoms. The van der Waals surface area contributed by atoms with Crippen molar-refractivity contribution in [1.82, 2.24) is 30.9 Å². The van der Waals surface area contributed by atoms with E-state index in [1.807, 2.05) is 54.6 Å². The van der Waals surface area contributed by atoms with E-state index < -0.39 is 54.5 Å². The van der Waals surface area contributed by atoms with Crippen LogP contribution < -0.4 is 21.7 Å². The number of imidazole rings is 1. The van der Waals surface area contributed by atoms with Crippen LogP contribution in [0.1, 0.15) is 16.8 Å². The van der Waals surface area contributed by atoms with Crippen molar-refractivity contribution in [2.75, 3.05) is 6.61 Å². The number of aromatic amines is 2. The maximum atomic E-state index is 13.7. The fourth-order valence-electron chi connectivity index (χ4n) is 4.52. The molecule has 0 fully saturated rings. The number of amides is 3. The number of carbonyl (C=O) groups excluding carboxylic acids is 3. The molecule has 0 saturated heterocycles. The summed E-state index contributed by atoms with van der Waals surface area (Å²) in [5.41, 5.74) is 9.14. The Labute approximate surface area is 240 Å². The molecule has 2 aromatic carbocycles.